The molecule has 0 spiro atoms. The van der Waals surface area contributed by atoms with Crippen molar-refractivity contribution in [3.05, 3.63) is 88.9 Å². The number of rotatable bonds is 6. The van der Waals surface area contributed by atoms with E-state index < -0.39 is 0 Å². The number of benzene rings is 3. The van der Waals surface area contributed by atoms with Gasteiger partial charge in [-0.15, -0.1) is 0 Å². The Labute approximate surface area is 179 Å². The fourth-order valence-corrected chi connectivity index (χ4v) is 2.80. The molecule has 6 nitrogen and oxygen atoms in total. The van der Waals surface area contributed by atoms with Gasteiger partial charge in [0, 0.05) is 28.3 Å². The predicted octanol–water partition coefficient (Wildman–Crippen LogP) is 5.19. The maximum Gasteiger partial charge on any atom is 0.255 e. The van der Waals surface area contributed by atoms with Crippen LogP contribution in [0.5, 0.6) is 0 Å². The Morgan fingerprint density at radius 3 is 1.93 bits per heavy atom. The zero-order valence-corrected chi connectivity index (χ0v) is 17.0. The minimum Gasteiger partial charge on any atom is -0.326 e. The normalized spacial score (nSPS) is 10.2. The zero-order valence-electron chi connectivity index (χ0n) is 16.2. The SMILES string of the molecule is CCC(=O)Nc1cccc(C(=O)Nc2ccccc2NC(=O)c2ccc(Cl)cc2)c1. The van der Waals surface area contributed by atoms with E-state index in [1.165, 1.54) is 0 Å². The van der Waals surface area contributed by atoms with Gasteiger partial charge >= 0.3 is 0 Å². The smallest absolute Gasteiger partial charge is 0.255 e. The van der Waals surface area contributed by atoms with Crippen LogP contribution in [-0.4, -0.2) is 17.7 Å². The van der Waals surface area contributed by atoms with Crippen LogP contribution in [-0.2, 0) is 4.79 Å². The van der Waals surface area contributed by atoms with Crippen LogP contribution in [0.1, 0.15) is 34.1 Å². The second-order valence-corrected chi connectivity index (χ2v) is 6.88. The van der Waals surface area contributed by atoms with Gasteiger partial charge < -0.3 is 16.0 Å². The lowest BCUT2D eigenvalue weighted by molar-refractivity contribution is -0.115. The van der Waals surface area contributed by atoms with Gasteiger partial charge in [-0.1, -0.05) is 36.7 Å². The Balaban J connectivity index is 1.75. The molecule has 3 aromatic carbocycles. The van der Waals surface area contributed by atoms with E-state index in [4.69, 9.17) is 11.6 Å². The molecule has 0 saturated heterocycles. The number of carbonyl (C=O) groups is 3. The summed E-state index contributed by atoms with van der Waals surface area (Å²) in [6, 6.07) is 20.0. The van der Waals surface area contributed by atoms with Crippen LogP contribution < -0.4 is 16.0 Å². The predicted molar refractivity (Wildman–Crippen MR) is 119 cm³/mol. The number of hydrogen-bond acceptors (Lipinski definition) is 3. The molecule has 0 fully saturated rings. The average molecular weight is 422 g/mol. The van der Waals surface area contributed by atoms with Crippen LogP contribution in [0.15, 0.2) is 72.8 Å². The van der Waals surface area contributed by atoms with Crippen molar-refractivity contribution in [3.63, 3.8) is 0 Å². The first-order valence-electron chi connectivity index (χ1n) is 9.33. The second-order valence-electron chi connectivity index (χ2n) is 6.44. The topological polar surface area (TPSA) is 87.3 Å². The fraction of sp³-hybridized carbons (Fsp3) is 0.0870. The van der Waals surface area contributed by atoms with Gasteiger partial charge in [0.15, 0.2) is 0 Å². The molecule has 0 aliphatic heterocycles. The van der Waals surface area contributed by atoms with E-state index in [0.29, 0.717) is 39.6 Å². The third kappa shape index (κ3) is 5.46. The summed E-state index contributed by atoms with van der Waals surface area (Å²) in [6.07, 6.45) is 0.344. The number of nitrogens with one attached hydrogen (secondary N) is 3. The number of halogens is 1. The van der Waals surface area contributed by atoms with Crippen molar-refractivity contribution in [2.24, 2.45) is 0 Å². The maximum absolute atomic E-state index is 12.7. The van der Waals surface area contributed by atoms with E-state index in [1.807, 2.05) is 0 Å². The Bertz CT molecular complexity index is 1080. The molecular formula is C23H20ClN3O3. The van der Waals surface area contributed by atoms with E-state index in [-0.39, 0.29) is 17.7 Å². The summed E-state index contributed by atoms with van der Waals surface area (Å²) < 4.78 is 0. The van der Waals surface area contributed by atoms with Crippen LogP contribution in [0.4, 0.5) is 17.1 Å². The Hall–Kier alpha value is -3.64. The minimum absolute atomic E-state index is 0.136. The Kier molecular flexibility index (Phi) is 6.83. The Morgan fingerprint density at radius 1 is 0.733 bits per heavy atom. The van der Waals surface area contributed by atoms with Crippen molar-refractivity contribution in [2.75, 3.05) is 16.0 Å². The van der Waals surface area contributed by atoms with Crippen LogP contribution >= 0.6 is 11.6 Å². The van der Waals surface area contributed by atoms with Crippen LogP contribution in [0.2, 0.25) is 5.02 Å². The van der Waals surface area contributed by atoms with E-state index >= 15 is 0 Å². The third-order valence-corrected chi connectivity index (χ3v) is 4.51. The molecule has 3 N–H and O–H groups in total. The highest BCUT2D eigenvalue weighted by Crippen LogP contribution is 2.23. The van der Waals surface area contributed by atoms with Gasteiger partial charge in [0.25, 0.3) is 11.8 Å². The summed E-state index contributed by atoms with van der Waals surface area (Å²) in [6.45, 7) is 1.75. The molecule has 30 heavy (non-hydrogen) atoms. The lowest BCUT2D eigenvalue weighted by Gasteiger charge is -2.13. The summed E-state index contributed by atoms with van der Waals surface area (Å²) >= 11 is 5.86. The monoisotopic (exact) mass is 421 g/mol. The molecule has 0 aliphatic rings. The molecule has 0 unspecified atom stereocenters. The number of hydrogen-bond donors (Lipinski definition) is 3. The van der Waals surface area contributed by atoms with E-state index in [2.05, 4.69) is 16.0 Å². The minimum atomic E-state index is -0.365. The van der Waals surface area contributed by atoms with Crippen LogP contribution in [0, 0.1) is 0 Å². The highest BCUT2D eigenvalue weighted by molar-refractivity contribution is 6.30. The first-order valence-corrected chi connectivity index (χ1v) is 9.71. The number of carbonyl (C=O) groups excluding carboxylic acids is 3. The molecule has 0 saturated carbocycles. The first kappa shape index (κ1) is 21.1. The molecule has 3 amide bonds. The fourth-order valence-electron chi connectivity index (χ4n) is 2.68. The summed E-state index contributed by atoms with van der Waals surface area (Å²) in [5, 5.41) is 8.86. The molecule has 0 radical (unpaired) electrons. The lowest BCUT2D eigenvalue weighted by atomic mass is 10.1. The van der Waals surface area contributed by atoms with Gasteiger partial charge in [0.05, 0.1) is 11.4 Å². The van der Waals surface area contributed by atoms with E-state index in [9.17, 15) is 14.4 Å². The van der Waals surface area contributed by atoms with E-state index in [1.54, 1.807) is 79.7 Å². The lowest BCUT2D eigenvalue weighted by Crippen LogP contribution is -2.17. The molecule has 0 atom stereocenters. The second kappa shape index (κ2) is 9.71. The molecule has 7 heteroatoms. The highest BCUT2D eigenvalue weighted by atomic mass is 35.5. The molecule has 3 aromatic rings. The number of anilines is 3. The van der Waals surface area contributed by atoms with Crippen molar-refractivity contribution in [2.45, 2.75) is 13.3 Å². The summed E-state index contributed by atoms with van der Waals surface area (Å²) in [7, 11) is 0. The standard InChI is InChI=1S/C23H20ClN3O3/c1-2-21(28)25-18-7-5-6-16(14-18)23(30)27-20-9-4-3-8-19(20)26-22(29)15-10-12-17(24)13-11-15/h3-14H,2H2,1H3,(H,25,28)(H,26,29)(H,27,30). The van der Waals surface area contributed by atoms with Crippen molar-refractivity contribution < 1.29 is 14.4 Å². The summed E-state index contributed by atoms with van der Waals surface area (Å²) in [5.74, 6) is -0.823. The number of amides is 3. The maximum atomic E-state index is 12.7. The van der Waals surface area contributed by atoms with Gasteiger partial charge in [-0.2, -0.15) is 0 Å². The molecule has 0 aromatic heterocycles. The quantitative estimate of drug-likeness (QED) is 0.511. The van der Waals surface area contributed by atoms with E-state index in [0.717, 1.165) is 0 Å². The van der Waals surface area contributed by atoms with Crippen LogP contribution in [0.25, 0.3) is 0 Å². The van der Waals surface area contributed by atoms with Gasteiger partial charge in [-0.3, -0.25) is 14.4 Å². The van der Waals surface area contributed by atoms with Gasteiger partial charge in [0.1, 0.15) is 0 Å². The molecule has 3 rings (SSSR count). The van der Waals surface area contributed by atoms with Crippen molar-refractivity contribution in [1.29, 1.82) is 0 Å². The van der Waals surface area contributed by atoms with Gasteiger partial charge in [-0.25, -0.2) is 0 Å². The largest absolute Gasteiger partial charge is 0.326 e. The zero-order chi connectivity index (χ0) is 21.5. The highest BCUT2D eigenvalue weighted by Gasteiger charge is 2.13. The average Bonchev–Trinajstić information content (AvgIpc) is 2.75. The molecule has 0 bridgehead atoms. The third-order valence-electron chi connectivity index (χ3n) is 4.26. The first-order chi connectivity index (χ1) is 14.5. The molecule has 0 heterocycles. The van der Waals surface area contributed by atoms with Crippen LogP contribution in [0.3, 0.4) is 0 Å². The molecular weight excluding hydrogens is 402 g/mol. The molecule has 152 valence electrons. The van der Waals surface area contributed by atoms with Gasteiger partial charge in [0.2, 0.25) is 5.91 Å². The summed E-state index contributed by atoms with van der Waals surface area (Å²) in [5.41, 5.74) is 2.27. The summed E-state index contributed by atoms with van der Waals surface area (Å²) in [4.78, 5) is 36.8. The Morgan fingerprint density at radius 2 is 1.33 bits per heavy atom. The van der Waals surface area contributed by atoms with Crippen molar-refractivity contribution in [1.82, 2.24) is 0 Å². The van der Waals surface area contributed by atoms with Crippen molar-refractivity contribution in [3.8, 4) is 0 Å². The number of para-hydroxylation sites is 2. The van der Waals surface area contributed by atoms with Gasteiger partial charge in [-0.05, 0) is 54.6 Å². The molecule has 0 aliphatic carbocycles. The van der Waals surface area contributed by atoms with Crippen molar-refractivity contribution >= 4 is 46.4 Å².